The molecule has 1 fully saturated rings. The van der Waals surface area contributed by atoms with E-state index in [-0.39, 0.29) is 36.5 Å². The quantitative estimate of drug-likeness (QED) is 0.624. The van der Waals surface area contributed by atoms with Gasteiger partial charge in [-0.15, -0.1) is 0 Å². The number of carbonyl (C=O) groups excluding carboxylic acids is 1. The minimum atomic E-state index is -3.09. The van der Waals surface area contributed by atoms with E-state index in [0.717, 1.165) is 5.56 Å². The first-order chi connectivity index (χ1) is 13.9. The van der Waals surface area contributed by atoms with Crippen LogP contribution in [-0.4, -0.2) is 61.5 Å². The Morgan fingerprint density at radius 1 is 1.21 bits per heavy atom. The maximum atomic E-state index is 13.2. The van der Waals surface area contributed by atoms with Crippen molar-refractivity contribution in [2.24, 2.45) is 0 Å². The Labute approximate surface area is 169 Å². The van der Waals surface area contributed by atoms with E-state index in [4.69, 9.17) is 4.74 Å². The lowest BCUT2D eigenvalue weighted by Gasteiger charge is -2.30. The van der Waals surface area contributed by atoms with Gasteiger partial charge in [-0.2, -0.15) is 0 Å². The van der Waals surface area contributed by atoms with E-state index in [1.165, 1.54) is 12.1 Å². The lowest BCUT2D eigenvalue weighted by atomic mass is 10.1. The number of benzene rings is 2. The van der Waals surface area contributed by atoms with E-state index in [1.54, 1.807) is 36.4 Å². The van der Waals surface area contributed by atoms with Gasteiger partial charge in [0.25, 0.3) is 0 Å². The molecule has 1 aliphatic heterocycles. The number of hydrogen-bond donors (Lipinski definition) is 1. The van der Waals surface area contributed by atoms with Crippen LogP contribution in [0.4, 0.5) is 4.39 Å². The van der Waals surface area contributed by atoms with E-state index in [1.807, 2.05) is 4.90 Å². The molecule has 1 saturated heterocycles. The Bertz CT molecular complexity index is 932. The molecule has 0 bridgehead atoms. The van der Waals surface area contributed by atoms with Gasteiger partial charge in [0, 0.05) is 19.1 Å². The van der Waals surface area contributed by atoms with Gasteiger partial charge in [-0.25, -0.2) is 12.8 Å². The second kappa shape index (κ2) is 9.47. The smallest absolute Gasteiger partial charge is 0.153 e. The minimum Gasteiger partial charge on any atom is -0.490 e. The van der Waals surface area contributed by atoms with Crippen molar-refractivity contribution in [2.45, 2.75) is 25.1 Å². The Balaban J connectivity index is 1.66. The standard InChI is InChI=1S/C21H24FNO5S/c22-18-7-5-16(6-8-18)11-23(19-9-10-29(26,27)15-19)12-20(25)14-28-21-4-2-1-3-17(21)13-24/h1-8,13,19-20,25H,9-12,14-15H2. The number of sulfone groups is 1. The molecular weight excluding hydrogens is 397 g/mol. The maximum Gasteiger partial charge on any atom is 0.153 e. The Morgan fingerprint density at radius 2 is 1.93 bits per heavy atom. The van der Waals surface area contributed by atoms with Crippen molar-refractivity contribution in [2.75, 3.05) is 24.7 Å². The number of ether oxygens (including phenoxy) is 1. The molecule has 1 aliphatic rings. The predicted molar refractivity (Wildman–Crippen MR) is 107 cm³/mol. The van der Waals surface area contributed by atoms with E-state index in [2.05, 4.69) is 0 Å². The summed E-state index contributed by atoms with van der Waals surface area (Å²) in [6, 6.07) is 12.5. The lowest BCUT2D eigenvalue weighted by molar-refractivity contribution is 0.0522. The number of aliphatic hydroxyl groups excluding tert-OH is 1. The molecule has 156 valence electrons. The third-order valence-electron chi connectivity index (χ3n) is 4.95. The number of nitrogens with zero attached hydrogens (tertiary/aromatic N) is 1. The highest BCUT2D eigenvalue weighted by atomic mass is 32.2. The monoisotopic (exact) mass is 421 g/mol. The van der Waals surface area contributed by atoms with Crippen LogP contribution in [0.15, 0.2) is 48.5 Å². The molecule has 0 saturated carbocycles. The molecule has 0 aromatic heterocycles. The van der Waals surface area contributed by atoms with Gasteiger partial charge in [0.15, 0.2) is 16.1 Å². The largest absolute Gasteiger partial charge is 0.490 e. The second-order valence-corrected chi connectivity index (χ2v) is 9.46. The van der Waals surface area contributed by atoms with Crippen LogP contribution in [0.25, 0.3) is 0 Å². The van der Waals surface area contributed by atoms with E-state index in [0.29, 0.717) is 30.6 Å². The van der Waals surface area contributed by atoms with Crippen LogP contribution < -0.4 is 4.74 Å². The molecular formula is C21H24FNO5S. The average Bonchev–Trinajstić information content (AvgIpc) is 3.07. The Hall–Kier alpha value is -2.29. The molecule has 29 heavy (non-hydrogen) atoms. The van der Waals surface area contributed by atoms with Crippen molar-refractivity contribution < 1.29 is 27.4 Å². The fourth-order valence-corrected chi connectivity index (χ4v) is 5.21. The third-order valence-corrected chi connectivity index (χ3v) is 6.70. The van der Waals surface area contributed by atoms with E-state index >= 15 is 0 Å². The molecule has 0 radical (unpaired) electrons. The number of hydrogen-bond acceptors (Lipinski definition) is 6. The summed E-state index contributed by atoms with van der Waals surface area (Å²) >= 11 is 0. The molecule has 3 rings (SSSR count). The highest BCUT2D eigenvalue weighted by molar-refractivity contribution is 7.91. The van der Waals surface area contributed by atoms with Crippen molar-refractivity contribution >= 4 is 16.1 Å². The second-order valence-electron chi connectivity index (χ2n) is 7.23. The molecule has 8 heteroatoms. The maximum absolute atomic E-state index is 13.2. The topological polar surface area (TPSA) is 83.9 Å². The summed E-state index contributed by atoms with van der Waals surface area (Å²) in [5, 5.41) is 10.5. The van der Waals surface area contributed by atoms with Gasteiger partial charge in [-0.1, -0.05) is 24.3 Å². The molecule has 0 amide bonds. The van der Waals surface area contributed by atoms with Gasteiger partial charge in [0.05, 0.1) is 17.1 Å². The van der Waals surface area contributed by atoms with Gasteiger partial charge >= 0.3 is 0 Å². The van der Waals surface area contributed by atoms with Crippen molar-refractivity contribution in [1.82, 2.24) is 4.90 Å². The summed E-state index contributed by atoms with van der Waals surface area (Å²) in [4.78, 5) is 13.0. The van der Waals surface area contributed by atoms with Crippen LogP contribution in [0.2, 0.25) is 0 Å². The normalized spacial score (nSPS) is 19.2. The van der Waals surface area contributed by atoms with Gasteiger partial charge < -0.3 is 9.84 Å². The molecule has 1 N–H and O–H groups in total. The summed E-state index contributed by atoms with van der Waals surface area (Å²) in [5.74, 6) is 0.202. The highest BCUT2D eigenvalue weighted by Crippen LogP contribution is 2.21. The van der Waals surface area contributed by atoms with Gasteiger partial charge in [0.2, 0.25) is 0 Å². The number of carbonyl (C=O) groups is 1. The number of para-hydroxylation sites is 1. The van der Waals surface area contributed by atoms with Gasteiger partial charge in [-0.05, 0) is 36.2 Å². The Morgan fingerprint density at radius 3 is 2.59 bits per heavy atom. The molecule has 2 aromatic rings. The van der Waals surface area contributed by atoms with Crippen LogP contribution >= 0.6 is 0 Å². The summed E-state index contributed by atoms with van der Waals surface area (Å²) < 4.78 is 42.6. The summed E-state index contributed by atoms with van der Waals surface area (Å²) in [6.45, 7) is 0.549. The SMILES string of the molecule is O=Cc1ccccc1OCC(O)CN(Cc1ccc(F)cc1)C1CCS(=O)(=O)C1. The Kier molecular flexibility index (Phi) is 7.00. The first kappa shape index (κ1) is 21.4. The zero-order valence-corrected chi connectivity index (χ0v) is 16.7. The van der Waals surface area contributed by atoms with E-state index in [9.17, 15) is 22.7 Å². The predicted octanol–water partition coefficient (Wildman–Crippen LogP) is 2.07. The molecule has 2 unspecified atom stereocenters. The van der Waals surface area contributed by atoms with Crippen LogP contribution in [-0.2, 0) is 16.4 Å². The summed E-state index contributed by atoms with van der Waals surface area (Å²) in [6.07, 6.45) is 0.287. The zero-order chi connectivity index (χ0) is 20.9. The van der Waals surface area contributed by atoms with Crippen molar-refractivity contribution in [1.29, 1.82) is 0 Å². The third kappa shape index (κ3) is 6.09. The molecule has 0 spiro atoms. The lowest BCUT2D eigenvalue weighted by Crippen LogP contribution is -2.42. The molecule has 6 nitrogen and oxygen atoms in total. The molecule has 0 aliphatic carbocycles. The highest BCUT2D eigenvalue weighted by Gasteiger charge is 2.33. The molecule has 2 aromatic carbocycles. The fraction of sp³-hybridized carbons (Fsp3) is 0.381. The van der Waals surface area contributed by atoms with Crippen LogP contribution in [0.3, 0.4) is 0 Å². The minimum absolute atomic E-state index is 0.0374. The van der Waals surface area contributed by atoms with Gasteiger partial charge in [-0.3, -0.25) is 9.69 Å². The van der Waals surface area contributed by atoms with Crippen LogP contribution in [0.5, 0.6) is 5.75 Å². The first-order valence-corrected chi connectivity index (χ1v) is 11.2. The van der Waals surface area contributed by atoms with Crippen LogP contribution in [0, 0.1) is 5.82 Å². The average molecular weight is 421 g/mol. The van der Waals surface area contributed by atoms with Crippen molar-refractivity contribution in [3.63, 3.8) is 0 Å². The van der Waals surface area contributed by atoms with Gasteiger partial charge in [0.1, 0.15) is 24.3 Å². The molecule has 1 heterocycles. The van der Waals surface area contributed by atoms with Crippen molar-refractivity contribution in [3.05, 3.63) is 65.5 Å². The number of aliphatic hydroxyl groups is 1. The summed E-state index contributed by atoms with van der Waals surface area (Å²) in [7, 11) is -3.09. The van der Waals surface area contributed by atoms with Crippen molar-refractivity contribution in [3.8, 4) is 5.75 Å². The number of rotatable bonds is 9. The molecule has 2 atom stereocenters. The number of halogens is 1. The number of aldehydes is 1. The summed E-state index contributed by atoms with van der Waals surface area (Å²) in [5.41, 5.74) is 1.22. The first-order valence-electron chi connectivity index (χ1n) is 9.40. The zero-order valence-electron chi connectivity index (χ0n) is 15.9. The van der Waals surface area contributed by atoms with E-state index < -0.39 is 15.9 Å². The van der Waals surface area contributed by atoms with Crippen LogP contribution in [0.1, 0.15) is 22.3 Å². The fourth-order valence-electron chi connectivity index (χ4n) is 3.45.